The van der Waals surface area contributed by atoms with Gasteiger partial charge in [0, 0.05) is 5.57 Å². The molecule has 0 heterocycles. The van der Waals surface area contributed by atoms with Crippen LogP contribution in [0.4, 0.5) is 0 Å². The molecule has 0 rings (SSSR count). The first-order valence-corrected chi connectivity index (χ1v) is 3.63. The summed E-state index contributed by atoms with van der Waals surface area (Å²) >= 11 is 0. The van der Waals surface area contributed by atoms with Crippen molar-refractivity contribution < 1.29 is 14.3 Å². The molecule has 0 spiro atoms. The van der Waals surface area contributed by atoms with Crippen molar-refractivity contribution in [1.29, 1.82) is 0 Å². The first-order chi connectivity index (χ1) is 5.76. The lowest BCUT2D eigenvalue weighted by Gasteiger charge is -1.98. The van der Waals surface area contributed by atoms with Crippen molar-refractivity contribution in [2.45, 2.75) is 13.8 Å². The van der Waals surface area contributed by atoms with E-state index in [1.54, 1.807) is 25.2 Å². The highest BCUT2D eigenvalue weighted by Gasteiger charge is 2.04. The summed E-state index contributed by atoms with van der Waals surface area (Å²) in [7, 11) is 0. The molecule has 0 aromatic rings. The number of carbonyl (C=O) groups excluding carboxylic acids is 2. The Kier molecular flexibility index (Phi) is 5.61. The van der Waals surface area contributed by atoms with E-state index < -0.39 is 0 Å². The molecule has 0 aromatic heterocycles. The summed E-state index contributed by atoms with van der Waals surface area (Å²) in [6.07, 6.45) is 5.11. The molecule has 0 N–H and O–H groups in total. The molecule has 0 radical (unpaired) electrons. The van der Waals surface area contributed by atoms with E-state index in [4.69, 9.17) is 0 Å². The fourth-order valence-electron chi connectivity index (χ4n) is 0.723. The van der Waals surface area contributed by atoms with Crippen LogP contribution in [-0.2, 0) is 14.3 Å². The van der Waals surface area contributed by atoms with Crippen molar-refractivity contribution in [3.63, 3.8) is 0 Å². The van der Waals surface area contributed by atoms with Crippen molar-refractivity contribution in [2.24, 2.45) is 0 Å². The topological polar surface area (TPSA) is 43.4 Å². The molecule has 0 fully saturated rings. The zero-order chi connectivity index (χ0) is 9.40. The van der Waals surface area contributed by atoms with Crippen molar-refractivity contribution in [1.82, 2.24) is 0 Å². The minimum absolute atomic E-state index is 0.187. The van der Waals surface area contributed by atoms with Crippen molar-refractivity contribution in [3.05, 3.63) is 23.8 Å². The number of rotatable bonds is 5. The van der Waals surface area contributed by atoms with E-state index in [2.05, 4.69) is 4.74 Å². The Labute approximate surface area is 71.7 Å². The van der Waals surface area contributed by atoms with Crippen LogP contribution >= 0.6 is 0 Å². The van der Waals surface area contributed by atoms with Crippen molar-refractivity contribution >= 4 is 12.3 Å². The zero-order valence-electron chi connectivity index (χ0n) is 7.24. The summed E-state index contributed by atoms with van der Waals surface area (Å²) in [4.78, 5) is 20.9. The summed E-state index contributed by atoms with van der Waals surface area (Å²) in [6, 6.07) is 0. The number of carbonyl (C=O) groups is 2. The van der Waals surface area contributed by atoms with Crippen LogP contribution in [0.2, 0.25) is 0 Å². The molecule has 0 amide bonds. The zero-order valence-corrected chi connectivity index (χ0v) is 7.24. The Morgan fingerprint density at radius 2 is 2.08 bits per heavy atom. The SMILES string of the molecule is C/C=C\C(=C/C)C(=O)COC=O. The third kappa shape index (κ3) is 3.71. The van der Waals surface area contributed by atoms with Crippen molar-refractivity contribution in [2.75, 3.05) is 6.61 Å². The van der Waals surface area contributed by atoms with Gasteiger partial charge in [0.15, 0.2) is 12.4 Å². The van der Waals surface area contributed by atoms with Crippen LogP contribution in [-0.4, -0.2) is 18.9 Å². The maximum Gasteiger partial charge on any atom is 0.293 e. The van der Waals surface area contributed by atoms with E-state index in [9.17, 15) is 9.59 Å². The molecule has 0 saturated carbocycles. The van der Waals surface area contributed by atoms with E-state index >= 15 is 0 Å². The summed E-state index contributed by atoms with van der Waals surface area (Å²) in [6.45, 7) is 3.65. The molecule has 0 aromatic carbocycles. The van der Waals surface area contributed by atoms with Gasteiger partial charge in [-0.15, -0.1) is 0 Å². The highest BCUT2D eigenvalue weighted by atomic mass is 16.5. The smallest absolute Gasteiger partial charge is 0.293 e. The lowest BCUT2D eigenvalue weighted by Crippen LogP contribution is -2.09. The molecule has 66 valence electrons. The molecule has 0 aliphatic carbocycles. The summed E-state index contributed by atoms with van der Waals surface area (Å²) in [5, 5.41) is 0. The molecular formula is C9H12O3. The predicted molar refractivity (Wildman–Crippen MR) is 45.6 cm³/mol. The summed E-state index contributed by atoms with van der Waals surface area (Å²) in [5.41, 5.74) is 0.555. The predicted octanol–water partition coefficient (Wildman–Crippen LogP) is 1.25. The third-order valence-corrected chi connectivity index (χ3v) is 1.26. The van der Waals surface area contributed by atoms with Crippen LogP contribution < -0.4 is 0 Å². The second kappa shape index (κ2) is 6.34. The number of Topliss-reactive ketones (excluding diaryl/α,β-unsaturated/α-hetero) is 1. The van der Waals surface area contributed by atoms with Gasteiger partial charge in [0.2, 0.25) is 0 Å². The van der Waals surface area contributed by atoms with Crippen LogP contribution in [0, 0.1) is 0 Å². The quantitative estimate of drug-likeness (QED) is 0.352. The first-order valence-electron chi connectivity index (χ1n) is 3.63. The van der Waals surface area contributed by atoms with Crippen LogP contribution in [0.15, 0.2) is 23.8 Å². The number of ketones is 1. The van der Waals surface area contributed by atoms with Crippen LogP contribution in [0.5, 0.6) is 0 Å². The summed E-state index contributed by atoms with van der Waals surface area (Å²) < 4.78 is 4.32. The number of allylic oxidation sites excluding steroid dienone is 3. The van der Waals surface area contributed by atoms with Crippen molar-refractivity contribution in [3.8, 4) is 0 Å². The molecule has 12 heavy (non-hydrogen) atoms. The van der Waals surface area contributed by atoms with Gasteiger partial charge < -0.3 is 4.74 Å². The van der Waals surface area contributed by atoms with Gasteiger partial charge >= 0.3 is 0 Å². The highest BCUT2D eigenvalue weighted by Crippen LogP contribution is 1.98. The summed E-state index contributed by atoms with van der Waals surface area (Å²) in [5.74, 6) is -0.192. The lowest BCUT2D eigenvalue weighted by atomic mass is 10.1. The Hall–Kier alpha value is -1.38. The monoisotopic (exact) mass is 168 g/mol. The molecule has 0 atom stereocenters. The molecular weight excluding hydrogens is 156 g/mol. The number of ether oxygens (including phenoxy) is 1. The fraction of sp³-hybridized carbons (Fsp3) is 0.333. The molecule has 0 aliphatic rings. The number of hydrogen-bond acceptors (Lipinski definition) is 3. The van der Waals surface area contributed by atoms with Crippen LogP contribution in [0.25, 0.3) is 0 Å². The second-order valence-electron chi connectivity index (χ2n) is 2.07. The largest absolute Gasteiger partial charge is 0.459 e. The Balaban J connectivity index is 4.14. The van der Waals surface area contributed by atoms with E-state index in [0.29, 0.717) is 5.57 Å². The minimum atomic E-state index is -0.192. The van der Waals surface area contributed by atoms with Gasteiger partial charge in [0.05, 0.1) is 0 Å². The third-order valence-electron chi connectivity index (χ3n) is 1.26. The fourth-order valence-corrected chi connectivity index (χ4v) is 0.723. The molecule has 0 unspecified atom stereocenters. The van der Waals surface area contributed by atoms with Gasteiger partial charge in [-0.1, -0.05) is 18.2 Å². The molecule has 0 aliphatic heterocycles. The molecule has 3 heteroatoms. The highest BCUT2D eigenvalue weighted by molar-refractivity contribution is 5.99. The molecule has 0 saturated heterocycles. The van der Waals surface area contributed by atoms with Gasteiger partial charge in [0.1, 0.15) is 0 Å². The van der Waals surface area contributed by atoms with E-state index in [0.717, 1.165) is 0 Å². The maximum atomic E-state index is 11.1. The van der Waals surface area contributed by atoms with Gasteiger partial charge in [0.25, 0.3) is 6.47 Å². The van der Waals surface area contributed by atoms with E-state index in [1.165, 1.54) is 0 Å². The van der Waals surface area contributed by atoms with Gasteiger partial charge in [-0.25, -0.2) is 0 Å². The average Bonchev–Trinajstić information content (AvgIpc) is 2.10. The number of hydrogen-bond donors (Lipinski definition) is 0. The first kappa shape index (κ1) is 10.6. The Morgan fingerprint density at radius 1 is 1.42 bits per heavy atom. The van der Waals surface area contributed by atoms with Crippen LogP contribution in [0.3, 0.4) is 0 Å². The van der Waals surface area contributed by atoms with E-state index in [1.807, 2.05) is 6.92 Å². The lowest BCUT2D eigenvalue weighted by molar-refractivity contribution is -0.134. The Morgan fingerprint density at radius 3 is 2.50 bits per heavy atom. The normalized spacial score (nSPS) is 11.7. The Bertz CT molecular complexity index is 214. The van der Waals surface area contributed by atoms with Crippen LogP contribution in [0.1, 0.15) is 13.8 Å². The van der Waals surface area contributed by atoms with Gasteiger partial charge in [-0.3, -0.25) is 9.59 Å². The van der Waals surface area contributed by atoms with Gasteiger partial charge in [-0.05, 0) is 13.8 Å². The standard InChI is InChI=1S/C9H12O3/c1-3-5-8(4-2)9(11)6-12-7-10/h3-5,7H,6H2,1-2H3/b5-3-,8-4+. The molecule has 0 bridgehead atoms. The molecule has 3 nitrogen and oxygen atoms in total. The van der Waals surface area contributed by atoms with E-state index in [-0.39, 0.29) is 18.9 Å². The minimum Gasteiger partial charge on any atom is -0.459 e. The second-order valence-corrected chi connectivity index (χ2v) is 2.07. The maximum absolute atomic E-state index is 11.1. The van der Waals surface area contributed by atoms with Gasteiger partial charge in [-0.2, -0.15) is 0 Å². The average molecular weight is 168 g/mol.